The van der Waals surface area contributed by atoms with Crippen molar-refractivity contribution in [1.29, 1.82) is 0 Å². The Balaban J connectivity index is 1.33. The third-order valence-corrected chi connectivity index (χ3v) is 7.23. The first-order chi connectivity index (χ1) is 21.4. The molecule has 0 aliphatic rings. The summed E-state index contributed by atoms with van der Waals surface area (Å²) in [5.74, 6) is 0.131. The van der Waals surface area contributed by atoms with Gasteiger partial charge in [-0.2, -0.15) is 5.10 Å². The highest BCUT2D eigenvalue weighted by Gasteiger charge is 2.18. The van der Waals surface area contributed by atoms with Crippen LogP contribution in [0.1, 0.15) is 26.2 Å². The number of carbonyl (C=O) groups excluding carboxylic acids is 1. The number of halogens is 1. The summed E-state index contributed by atoms with van der Waals surface area (Å²) in [5.41, 5.74) is 6.65. The van der Waals surface area contributed by atoms with Gasteiger partial charge >= 0.3 is 0 Å². The number of likely N-dealkylation sites (N-methyl/N-ethyl adjacent to an activating group) is 1. The van der Waals surface area contributed by atoms with Gasteiger partial charge in [0.05, 0.1) is 29.3 Å². The molecule has 0 radical (unpaired) electrons. The first kappa shape index (κ1) is 28.9. The topological polar surface area (TPSA) is 140 Å². The molecule has 5 aromatic heterocycles. The van der Waals surface area contributed by atoms with Gasteiger partial charge in [0.25, 0.3) is 0 Å². The highest BCUT2D eigenvalue weighted by molar-refractivity contribution is 5.97. The molecule has 6 aromatic rings. The number of aromatic amines is 2. The van der Waals surface area contributed by atoms with Crippen LogP contribution in [0.15, 0.2) is 61.2 Å². The van der Waals surface area contributed by atoms with E-state index in [0.29, 0.717) is 58.3 Å². The van der Waals surface area contributed by atoms with Gasteiger partial charge in [-0.25, -0.2) is 14.4 Å². The molecule has 1 aromatic carbocycles. The Morgan fingerprint density at radius 3 is 2.73 bits per heavy atom. The van der Waals surface area contributed by atoms with E-state index in [2.05, 4.69) is 45.7 Å². The fraction of sp³-hybridized carbons (Fsp3) is 0.250. The molecule has 224 valence electrons. The number of rotatable bonds is 11. The van der Waals surface area contributed by atoms with E-state index in [1.165, 1.54) is 12.1 Å². The molecule has 0 atom stereocenters. The van der Waals surface area contributed by atoms with Gasteiger partial charge in [0, 0.05) is 54.1 Å². The molecule has 0 saturated heterocycles. The van der Waals surface area contributed by atoms with Gasteiger partial charge in [-0.3, -0.25) is 19.9 Å². The van der Waals surface area contributed by atoms with Gasteiger partial charge in [-0.15, -0.1) is 0 Å². The standard InChI is InChI=1S/C32H33FN10O/c1-4-5-6-28(44)38-23-13-20(16-34-17-23)26-15-25-27(18-37-26)41-42-30(25)32-39-29-24(7-8-36-31(29)40-32)19-11-21(33)14-22(12-19)35-9-10-43(2)3/h7-8,11-18,35H,4-6,9-10H2,1-3H3,(H,38,44)(H,41,42)(H,36,39,40). The van der Waals surface area contributed by atoms with Crippen molar-refractivity contribution in [1.82, 2.24) is 40.0 Å². The van der Waals surface area contributed by atoms with E-state index in [1.807, 2.05) is 45.3 Å². The number of H-pyrrole nitrogens is 2. The van der Waals surface area contributed by atoms with Gasteiger partial charge in [0.2, 0.25) is 5.91 Å². The SMILES string of the molecule is CCCCC(=O)Nc1cncc(-c2cc3c(-c4nc5c(-c6cc(F)cc(NCCN(C)C)c6)ccnc5[nH]4)n[nH]c3cn2)c1. The minimum Gasteiger partial charge on any atom is -0.384 e. The van der Waals surface area contributed by atoms with Crippen molar-refractivity contribution in [3.63, 3.8) is 0 Å². The lowest BCUT2D eigenvalue weighted by atomic mass is 10.0. The van der Waals surface area contributed by atoms with Crippen LogP contribution in [0.5, 0.6) is 0 Å². The molecule has 6 rings (SSSR count). The Bertz CT molecular complexity index is 1950. The van der Waals surface area contributed by atoms with Crippen LogP contribution < -0.4 is 10.6 Å². The summed E-state index contributed by atoms with van der Waals surface area (Å²) < 4.78 is 14.7. The van der Waals surface area contributed by atoms with Crippen LogP contribution >= 0.6 is 0 Å². The summed E-state index contributed by atoms with van der Waals surface area (Å²) in [6.07, 6.45) is 8.95. The molecule has 0 aliphatic heterocycles. The molecular weight excluding hydrogens is 559 g/mol. The summed E-state index contributed by atoms with van der Waals surface area (Å²) >= 11 is 0. The summed E-state index contributed by atoms with van der Waals surface area (Å²) in [5, 5.41) is 14.6. The fourth-order valence-corrected chi connectivity index (χ4v) is 4.99. The average molecular weight is 593 g/mol. The number of fused-ring (bicyclic) bond motifs is 2. The highest BCUT2D eigenvalue weighted by atomic mass is 19.1. The van der Waals surface area contributed by atoms with Crippen LogP contribution in [0.2, 0.25) is 0 Å². The number of nitrogens with zero attached hydrogens (tertiary/aromatic N) is 6. The fourth-order valence-electron chi connectivity index (χ4n) is 4.99. The molecule has 0 spiro atoms. The summed E-state index contributed by atoms with van der Waals surface area (Å²) in [4.78, 5) is 35.8. The molecule has 0 fully saturated rings. The first-order valence-electron chi connectivity index (χ1n) is 14.5. The number of hydrogen-bond acceptors (Lipinski definition) is 8. The maximum Gasteiger partial charge on any atom is 0.224 e. The second-order valence-electron chi connectivity index (χ2n) is 10.9. The lowest BCUT2D eigenvalue weighted by Gasteiger charge is -2.12. The molecule has 0 aliphatic carbocycles. The monoisotopic (exact) mass is 592 g/mol. The van der Waals surface area contributed by atoms with Crippen molar-refractivity contribution in [2.75, 3.05) is 37.8 Å². The Hall–Kier alpha value is -5.23. The van der Waals surface area contributed by atoms with Crippen LogP contribution in [-0.2, 0) is 4.79 Å². The molecule has 0 bridgehead atoms. The molecule has 1 amide bonds. The lowest BCUT2D eigenvalue weighted by Crippen LogP contribution is -2.20. The maximum absolute atomic E-state index is 14.7. The highest BCUT2D eigenvalue weighted by Crippen LogP contribution is 2.33. The second-order valence-corrected chi connectivity index (χ2v) is 10.9. The predicted octanol–water partition coefficient (Wildman–Crippen LogP) is 5.87. The van der Waals surface area contributed by atoms with Gasteiger partial charge in [0.15, 0.2) is 11.5 Å². The number of anilines is 2. The number of aromatic nitrogens is 7. The average Bonchev–Trinajstić information content (AvgIpc) is 3.63. The van der Waals surface area contributed by atoms with Crippen LogP contribution in [0.25, 0.3) is 56.0 Å². The van der Waals surface area contributed by atoms with E-state index in [-0.39, 0.29) is 11.7 Å². The number of unbranched alkanes of at least 4 members (excludes halogenated alkanes) is 1. The zero-order valence-electron chi connectivity index (χ0n) is 24.8. The minimum atomic E-state index is -0.340. The van der Waals surface area contributed by atoms with Crippen LogP contribution in [-0.4, -0.2) is 73.1 Å². The Morgan fingerprint density at radius 2 is 1.89 bits per heavy atom. The molecular formula is C32H33FN10O. The van der Waals surface area contributed by atoms with Crippen LogP contribution in [0, 0.1) is 5.82 Å². The zero-order chi connectivity index (χ0) is 30.6. The molecule has 4 N–H and O–H groups in total. The molecule has 5 heterocycles. The predicted molar refractivity (Wildman–Crippen MR) is 171 cm³/mol. The number of imidazole rings is 1. The van der Waals surface area contributed by atoms with Crippen LogP contribution in [0.4, 0.5) is 15.8 Å². The van der Waals surface area contributed by atoms with E-state index >= 15 is 0 Å². The van der Waals surface area contributed by atoms with E-state index in [4.69, 9.17) is 4.98 Å². The normalized spacial score (nSPS) is 11.5. The second kappa shape index (κ2) is 12.6. The number of hydrogen-bond donors (Lipinski definition) is 4. The van der Waals surface area contributed by atoms with Gasteiger partial charge in [0.1, 0.15) is 17.0 Å². The Morgan fingerprint density at radius 1 is 1.02 bits per heavy atom. The van der Waals surface area contributed by atoms with Crippen molar-refractivity contribution in [3.05, 3.63) is 67.0 Å². The summed E-state index contributed by atoms with van der Waals surface area (Å²) in [6.45, 7) is 3.56. The van der Waals surface area contributed by atoms with Crippen molar-refractivity contribution in [3.8, 4) is 33.9 Å². The Kier molecular flexibility index (Phi) is 8.24. The maximum atomic E-state index is 14.7. The van der Waals surface area contributed by atoms with Crippen molar-refractivity contribution >= 4 is 39.3 Å². The van der Waals surface area contributed by atoms with E-state index in [0.717, 1.165) is 41.4 Å². The third kappa shape index (κ3) is 6.25. The quantitative estimate of drug-likeness (QED) is 0.147. The summed E-state index contributed by atoms with van der Waals surface area (Å²) in [7, 11) is 3.99. The molecule has 44 heavy (non-hydrogen) atoms. The zero-order valence-corrected chi connectivity index (χ0v) is 24.8. The van der Waals surface area contributed by atoms with Gasteiger partial charge in [-0.05, 0) is 62.5 Å². The number of nitrogens with one attached hydrogen (secondary N) is 4. The first-order valence-corrected chi connectivity index (χ1v) is 14.5. The minimum absolute atomic E-state index is 0.0424. The van der Waals surface area contributed by atoms with Crippen LogP contribution in [0.3, 0.4) is 0 Å². The van der Waals surface area contributed by atoms with Crippen molar-refractivity contribution in [2.24, 2.45) is 0 Å². The molecule has 0 unspecified atom stereocenters. The lowest BCUT2D eigenvalue weighted by molar-refractivity contribution is -0.116. The number of amides is 1. The van der Waals surface area contributed by atoms with Gasteiger partial charge < -0.3 is 20.5 Å². The number of carbonyl (C=O) groups is 1. The van der Waals surface area contributed by atoms with Crippen molar-refractivity contribution < 1.29 is 9.18 Å². The Labute approximate surface area is 253 Å². The third-order valence-electron chi connectivity index (χ3n) is 7.23. The smallest absolute Gasteiger partial charge is 0.224 e. The van der Waals surface area contributed by atoms with Gasteiger partial charge in [-0.1, -0.05) is 13.3 Å². The largest absolute Gasteiger partial charge is 0.384 e. The van der Waals surface area contributed by atoms with Crippen molar-refractivity contribution in [2.45, 2.75) is 26.2 Å². The number of pyridine rings is 3. The molecule has 0 saturated carbocycles. The van der Waals surface area contributed by atoms with E-state index < -0.39 is 0 Å². The molecule has 11 nitrogen and oxygen atoms in total. The van der Waals surface area contributed by atoms with E-state index in [1.54, 1.807) is 24.8 Å². The summed E-state index contributed by atoms with van der Waals surface area (Å²) in [6, 6.07) is 10.5. The van der Waals surface area contributed by atoms with E-state index in [9.17, 15) is 9.18 Å². The molecule has 12 heteroatoms. The number of benzene rings is 1.